The standard InChI is InChI=1S/C21H23Cl2N3O5/c1-2-30-11-12-31-16-6-3-14(4-7-16)21(29)26-25-20(28)10-9-19(27)24-18-8-5-15(22)13-17(18)23/h3-8,13H,2,9-12H2,1H3,(H,24,27)(H,25,28)(H,26,29). The molecule has 0 aliphatic heterocycles. The second-order valence-corrected chi connectivity index (χ2v) is 7.09. The Bertz CT molecular complexity index is 906. The van der Waals surface area contributed by atoms with Crippen molar-refractivity contribution in [3.8, 4) is 5.75 Å². The SMILES string of the molecule is CCOCCOc1ccc(C(=O)NNC(=O)CCC(=O)Nc2ccc(Cl)cc2Cl)cc1. The molecule has 166 valence electrons. The number of benzene rings is 2. The fourth-order valence-corrected chi connectivity index (χ4v) is 2.81. The minimum absolute atomic E-state index is 0.0888. The van der Waals surface area contributed by atoms with Gasteiger partial charge < -0.3 is 14.8 Å². The molecule has 0 aliphatic rings. The van der Waals surface area contributed by atoms with E-state index in [2.05, 4.69) is 16.2 Å². The fraction of sp³-hybridized carbons (Fsp3) is 0.286. The van der Waals surface area contributed by atoms with Crippen LogP contribution in [-0.4, -0.2) is 37.5 Å². The zero-order chi connectivity index (χ0) is 22.6. The molecule has 0 heterocycles. The van der Waals surface area contributed by atoms with Crippen LogP contribution in [0.1, 0.15) is 30.1 Å². The van der Waals surface area contributed by atoms with Gasteiger partial charge >= 0.3 is 0 Å². The molecule has 0 unspecified atom stereocenters. The molecule has 0 bridgehead atoms. The van der Waals surface area contributed by atoms with Crippen molar-refractivity contribution in [1.29, 1.82) is 0 Å². The first-order valence-electron chi connectivity index (χ1n) is 9.53. The Morgan fingerprint density at radius 1 is 0.903 bits per heavy atom. The smallest absolute Gasteiger partial charge is 0.269 e. The first-order valence-corrected chi connectivity index (χ1v) is 10.3. The molecular weight excluding hydrogens is 445 g/mol. The Morgan fingerprint density at radius 2 is 1.61 bits per heavy atom. The number of nitrogens with one attached hydrogen (secondary N) is 3. The lowest BCUT2D eigenvalue weighted by atomic mass is 10.2. The van der Waals surface area contributed by atoms with Gasteiger partial charge in [-0.05, 0) is 49.4 Å². The average Bonchev–Trinajstić information content (AvgIpc) is 2.76. The van der Waals surface area contributed by atoms with Gasteiger partial charge in [0.05, 0.1) is 17.3 Å². The van der Waals surface area contributed by atoms with Gasteiger partial charge in [0.15, 0.2) is 0 Å². The number of halogens is 2. The highest BCUT2D eigenvalue weighted by molar-refractivity contribution is 6.36. The fourth-order valence-electron chi connectivity index (χ4n) is 2.36. The number of hydrogen-bond acceptors (Lipinski definition) is 5. The van der Waals surface area contributed by atoms with Gasteiger partial charge in [0.25, 0.3) is 5.91 Å². The van der Waals surface area contributed by atoms with Crippen LogP contribution in [0, 0.1) is 0 Å². The third-order valence-corrected chi connectivity index (χ3v) is 4.46. The van der Waals surface area contributed by atoms with Crippen molar-refractivity contribution in [3.63, 3.8) is 0 Å². The van der Waals surface area contributed by atoms with Gasteiger partial charge in [-0.2, -0.15) is 0 Å². The number of carbonyl (C=O) groups excluding carboxylic acids is 3. The molecule has 8 nitrogen and oxygen atoms in total. The summed E-state index contributed by atoms with van der Waals surface area (Å²) >= 11 is 11.8. The van der Waals surface area contributed by atoms with Gasteiger partial charge in [-0.1, -0.05) is 23.2 Å². The summed E-state index contributed by atoms with van der Waals surface area (Å²) in [5.41, 5.74) is 5.31. The van der Waals surface area contributed by atoms with Gasteiger partial charge in [0.2, 0.25) is 11.8 Å². The largest absolute Gasteiger partial charge is 0.491 e. The van der Waals surface area contributed by atoms with Crippen LogP contribution in [0.15, 0.2) is 42.5 Å². The number of ether oxygens (including phenoxy) is 2. The lowest BCUT2D eigenvalue weighted by Gasteiger charge is -2.10. The van der Waals surface area contributed by atoms with E-state index in [0.717, 1.165) is 0 Å². The molecule has 10 heteroatoms. The lowest BCUT2D eigenvalue weighted by Crippen LogP contribution is -2.41. The van der Waals surface area contributed by atoms with E-state index in [-0.39, 0.29) is 12.8 Å². The molecular formula is C21H23Cl2N3O5. The highest BCUT2D eigenvalue weighted by Crippen LogP contribution is 2.25. The van der Waals surface area contributed by atoms with Crippen LogP contribution in [0.5, 0.6) is 5.75 Å². The van der Waals surface area contributed by atoms with Crippen LogP contribution in [0.25, 0.3) is 0 Å². The summed E-state index contributed by atoms with van der Waals surface area (Å²) in [6.07, 6.45) is -0.210. The average molecular weight is 468 g/mol. The Hall–Kier alpha value is -2.81. The van der Waals surface area contributed by atoms with Crippen LogP contribution < -0.4 is 20.9 Å². The van der Waals surface area contributed by atoms with Crippen LogP contribution in [0.4, 0.5) is 5.69 Å². The number of rotatable bonds is 10. The number of anilines is 1. The van der Waals surface area contributed by atoms with Crippen molar-refractivity contribution in [2.75, 3.05) is 25.1 Å². The van der Waals surface area contributed by atoms with Crippen molar-refractivity contribution in [3.05, 3.63) is 58.1 Å². The summed E-state index contributed by atoms with van der Waals surface area (Å²) in [4.78, 5) is 36.0. The van der Waals surface area contributed by atoms with Gasteiger partial charge in [0, 0.05) is 30.0 Å². The molecule has 3 N–H and O–H groups in total. The predicted octanol–water partition coefficient (Wildman–Crippen LogP) is 3.59. The summed E-state index contributed by atoms with van der Waals surface area (Å²) < 4.78 is 10.7. The van der Waals surface area contributed by atoms with E-state index in [1.807, 2.05) is 6.92 Å². The van der Waals surface area contributed by atoms with Crippen molar-refractivity contribution < 1.29 is 23.9 Å². The zero-order valence-electron chi connectivity index (χ0n) is 16.9. The van der Waals surface area contributed by atoms with E-state index >= 15 is 0 Å². The molecule has 0 spiro atoms. The number of amides is 3. The first-order chi connectivity index (χ1) is 14.9. The second kappa shape index (κ2) is 12.8. The van der Waals surface area contributed by atoms with E-state index in [0.29, 0.717) is 46.9 Å². The van der Waals surface area contributed by atoms with Crippen LogP contribution in [0.3, 0.4) is 0 Å². The Labute approximate surface area is 190 Å². The molecule has 0 aromatic heterocycles. The molecule has 0 atom stereocenters. The normalized spacial score (nSPS) is 10.3. The zero-order valence-corrected chi connectivity index (χ0v) is 18.4. The summed E-state index contributed by atoms with van der Waals surface area (Å²) in [7, 11) is 0. The third-order valence-electron chi connectivity index (χ3n) is 3.92. The Kier molecular flexibility index (Phi) is 10.1. The van der Waals surface area contributed by atoms with Crippen LogP contribution in [-0.2, 0) is 14.3 Å². The predicted molar refractivity (Wildman–Crippen MR) is 118 cm³/mol. The minimum atomic E-state index is -0.512. The van der Waals surface area contributed by atoms with E-state index in [1.165, 1.54) is 6.07 Å². The van der Waals surface area contributed by atoms with Gasteiger partial charge in [-0.15, -0.1) is 0 Å². The van der Waals surface area contributed by atoms with Crippen LogP contribution in [0.2, 0.25) is 10.0 Å². The monoisotopic (exact) mass is 467 g/mol. The molecule has 2 aromatic carbocycles. The van der Waals surface area contributed by atoms with E-state index < -0.39 is 17.7 Å². The quantitative estimate of drug-likeness (QED) is 0.365. The lowest BCUT2D eigenvalue weighted by molar-refractivity contribution is -0.124. The van der Waals surface area contributed by atoms with E-state index in [9.17, 15) is 14.4 Å². The summed E-state index contributed by atoms with van der Waals surface area (Å²) in [5.74, 6) is -0.800. The van der Waals surface area contributed by atoms with Crippen molar-refractivity contribution in [1.82, 2.24) is 10.9 Å². The van der Waals surface area contributed by atoms with Crippen molar-refractivity contribution in [2.45, 2.75) is 19.8 Å². The van der Waals surface area contributed by atoms with Crippen molar-refractivity contribution in [2.24, 2.45) is 0 Å². The maximum Gasteiger partial charge on any atom is 0.269 e. The first kappa shape index (κ1) is 24.5. The van der Waals surface area contributed by atoms with E-state index in [1.54, 1.807) is 36.4 Å². The molecule has 3 amide bonds. The molecule has 0 saturated heterocycles. The number of hydrogen-bond donors (Lipinski definition) is 3. The molecule has 0 radical (unpaired) electrons. The Balaban J connectivity index is 1.70. The summed E-state index contributed by atoms with van der Waals surface area (Å²) in [5, 5.41) is 3.33. The van der Waals surface area contributed by atoms with Crippen LogP contribution >= 0.6 is 23.2 Å². The highest BCUT2D eigenvalue weighted by Gasteiger charge is 2.11. The van der Waals surface area contributed by atoms with Crippen molar-refractivity contribution >= 4 is 46.6 Å². The minimum Gasteiger partial charge on any atom is -0.491 e. The molecule has 0 saturated carbocycles. The van der Waals surface area contributed by atoms with Gasteiger partial charge in [0.1, 0.15) is 12.4 Å². The topological polar surface area (TPSA) is 106 Å². The summed E-state index contributed by atoms with van der Waals surface area (Å²) in [6, 6.07) is 11.1. The number of carbonyl (C=O) groups is 3. The maximum atomic E-state index is 12.1. The third kappa shape index (κ3) is 8.84. The molecule has 0 aliphatic carbocycles. The van der Waals surface area contributed by atoms with E-state index in [4.69, 9.17) is 32.7 Å². The van der Waals surface area contributed by atoms with Gasteiger partial charge in [-0.25, -0.2) is 0 Å². The molecule has 2 aromatic rings. The van der Waals surface area contributed by atoms with Gasteiger partial charge in [-0.3, -0.25) is 25.2 Å². The Morgan fingerprint density at radius 3 is 2.29 bits per heavy atom. The summed E-state index contributed by atoms with van der Waals surface area (Å²) in [6.45, 7) is 3.41. The molecule has 31 heavy (non-hydrogen) atoms. The number of hydrazine groups is 1. The second-order valence-electron chi connectivity index (χ2n) is 6.24. The highest BCUT2D eigenvalue weighted by atomic mass is 35.5. The maximum absolute atomic E-state index is 12.1. The molecule has 0 fully saturated rings. The molecule has 2 rings (SSSR count).